The minimum Gasteiger partial charge on any atom is -0.289 e. The summed E-state index contributed by atoms with van der Waals surface area (Å²) in [6, 6.07) is 7.58. The quantitative estimate of drug-likeness (QED) is 0.689. The summed E-state index contributed by atoms with van der Waals surface area (Å²) < 4.78 is 0.930. The molecule has 2 aromatic rings. The molecule has 104 valence electrons. The van der Waals surface area contributed by atoms with Crippen LogP contribution in [0.4, 0.5) is 0 Å². The maximum Gasteiger partial charge on any atom is 0.193 e. The average molecular weight is 331 g/mol. The lowest BCUT2D eigenvalue weighted by Crippen LogP contribution is -2.10. The highest BCUT2D eigenvalue weighted by Gasteiger charge is 2.19. The number of rotatable bonds is 2. The number of carbonyl (C=O) groups is 1. The first-order valence-electron chi connectivity index (χ1n) is 6.71. The normalized spacial score (nSPS) is 10.7. The molecule has 0 unspecified atom stereocenters. The van der Waals surface area contributed by atoms with Gasteiger partial charge in [0.05, 0.1) is 0 Å². The van der Waals surface area contributed by atoms with Crippen LogP contribution in [0.3, 0.4) is 0 Å². The molecule has 0 amide bonds. The molecule has 0 radical (unpaired) electrons. The number of carbonyl (C=O) groups excluding carboxylic acids is 1. The van der Waals surface area contributed by atoms with E-state index in [1.165, 1.54) is 16.7 Å². The SMILES string of the molecule is Cc1c(C)c(C)c(C(=O)c2cccc(Br)c2)c(C)c1C. The molecule has 0 atom stereocenters. The number of ketones is 1. The maximum atomic E-state index is 12.8. The fourth-order valence-electron chi connectivity index (χ4n) is 2.61. The van der Waals surface area contributed by atoms with E-state index >= 15 is 0 Å². The van der Waals surface area contributed by atoms with Crippen LogP contribution in [0.15, 0.2) is 28.7 Å². The Balaban J connectivity index is 2.67. The molecular formula is C18H19BrO. The van der Waals surface area contributed by atoms with Crippen LogP contribution in [0.25, 0.3) is 0 Å². The third kappa shape index (κ3) is 2.45. The van der Waals surface area contributed by atoms with Gasteiger partial charge in [0, 0.05) is 15.6 Å². The monoisotopic (exact) mass is 330 g/mol. The largest absolute Gasteiger partial charge is 0.289 e. The summed E-state index contributed by atoms with van der Waals surface area (Å²) in [4.78, 5) is 12.8. The van der Waals surface area contributed by atoms with E-state index in [9.17, 15) is 4.79 Å². The van der Waals surface area contributed by atoms with Crippen LogP contribution in [0.1, 0.15) is 43.7 Å². The molecule has 2 rings (SSSR count). The van der Waals surface area contributed by atoms with Crippen molar-refractivity contribution in [2.75, 3.05) is 0 Å². The summed E-state index contributed by atoms with van der Waals surface area (Å²) in [6.45, 7) is 10.4. The predicted molar refractivity (Wildman–Crippen MR) is 87.7 cm³/mol. The fourth-order valence-corrected chi connectivity index (χ4v) is 3.01. The molecule has 0 fully saturated rings. The highest BCUT2D eigenvalue weighted by Crippen LogP contribution is 2.28. The van der Waals surface area contributed by atoms with Crippen LogP contribution in [0.2, 0.25) is 0 Å². The molecule has 20 heavy (non-hydrogen) atoms. The van der Waals surface area contributed by atoms with Gasteiger partial charge in [-0.25, -0.2) is 0 Å². The molecule has 0 heterocycles. The fraction of sp³-hybridized carbons (Fsp3) is 0.278. The van der Waals surface area contributed by atoms with Gasteiger partial charge in [0.15, 0.2) is 5.78 Å². The zero-order valence-corrected chi connectivity index (χ0v) is 14.2. The van der Waals surface area contributed by atoms with Crippen molar-refractivity contribution < 1.29 is 4.79 Å². The molecule has 2 heteroatoms. The van der Waals surface area contributed by atoms with E-state index in [0.29, 0.717) is 0 Å². The minimum atomic E-state index is 0.104. The third-order valence-corrected chi connectivity index (χ3v) is 4.81. The van der Waals surface area contributed by atoms with Gasteiger partial charge >= 0.3 is 0 Å². The van der Waals surface area contributed by atoms with E-state index in [1.54, 1.807) is 0 Å². The van der Waals surface area contributed by atoms with Crippen molar-refractivity contribution in [2.24, 2.45) is 0 Å². The Hall–Kier alpha value is -1.41. The smallest absolute Gasteiger partial charge is 0.193 e. The lowest BCUT2D eigenvalue weighted by atomic mass is 9.86. The molecule has 0 aliphatic carbocycles. The Bertz CT molecular complexity index is 670. The summed E-state index contributed by atoms with van der Waals surface area (Å²) >= 11 is 3.43. The second-order valence-electron chi connectivity index (χ2n) is 5.34. The van der Waals surface area contributed by atoms with Crippen LogP contribution in [0.5, 0.6) is 0 Å². The van der Waals surface area contributed by atoms with Crippen molar-refractivity contribution in [3.05, 3.63) is 67.7 Å². The number of benzene rings is 2. The molecule has 0 aromatic heterocycles. The second-order valence-corrected chi connectivity index (χ2v) is 6.26. The molecule has 1 nitrogen and oxygen atoms in total. The number of hydrogen-bond donors (Lipinski definition) is 0. The number of hydrogen-bond acceptors (Lipinski definition) is 1. The average Bonchev–Trinajstić information content (AvgIpc) is 2.43. The van der Waals surface area contributed by atoms with Gasteiger partial charge in [-0.1, -0.05) is 28.1 Å². The molecule has 0 aliphatic heterocycles. The predicted octanol–water partition coefficient (Wildman–Crippen LogP) is 5.22. The number of halogens is 1. The summed E-state index contributed by atoms with van der Waals surface area (Å²) in [6.07, 6.45) is 0. The standard InChI is InChI=1S/C18H19BrO/c1-10-11(2)13(4)17(14(5)12(10)3)18(20)15-7-6-8-16(19)9-15/h6-9H,1-5H3. The van der Waals surface area contributed by atoms with E-state index in [4.69, 9.17) is 0 Å². The van der Waals surface area contributed by atoms with E-state index in [1.807, 2.05) is 38.1 Å². The maximum absolute atomic E-state index is 12.8. The van der Waals surface area contributed by atoms with Crippen molar-refractivity contribution in [2.45, 2.75) is 34.6 Å². The molecule has 0 aliphatic rings. The van der Waals surface area contributed by atoms with Gasteiger partial charge in [-0.2, -0.15) is 0 Å². The van der Waals surface area contributed by atoms with Crippen molar-refractivity contribution in [3.63, 3.8) is 0 Å². The van der Waals surface area contributed by atoms with Gasteiger partial charge in [-0.05, 0) is 74.6 Å². The first kappa shape index (κ1) is 15.0. The highest BCUT2D eigenvalue weighted by molar-refractivity contribution is 9.10. The van der Waals surface area contributed by atoms with Gasteiger partial charge in [-0.3, -0.25) is 4.79 Å². The van der Waals surface area contributed by atoms with Gasteiger partial charge in [-0.15, -0.1) is 0 Å². The Morgan fingerprint density at radius 2 is 1.35 bits per heavy atom. The van der Waals surface area contributed by atoms with Gasteiger partial charge < -0.3 is 0 Å². The molecule has 0 saturated carbocycles. The summed E-state index contributed by atoms with van der Waals surface area (Å²) in [5.74, 6) is 0.104. The van der Waals surface area contributed by atoms with Crippen LogP contribution in [0, 0.1) is 34.6 Å². The molecular weight excluding hydrogens is 312 g/mol. The third-order valence-electron chi connectivity index (χ3n) is 4.31. The van der Waals surface area contributed by atoms with Crippen molar-refractivity contribution in [1.82, 2.24) is 0 Å². The Kier molecular flexibility index (Phi) is 4.14. The molecule has 0 bridgehead atoms. The zero-order valence-electron chi connectivity index (χ0n) is 12.6. The van der Waals surface area contributed by atoms with Crippen LogP contribution in [-0.4, -0.2) is 5.78 Å². The molecule has 0 N–H and O–H groups in total. The van der Waals surface area contributed by atoms with Gasteiger partial charge in [0.1, 0.15) is 0 Å². The molecule has 0 saturated heterocycles. The topological polar surface area (TPSA) is 17.1 Å². The van der Waals surface area contributed by atoms with Gasteiger partial charge in [0.2, 0.25) is 0 Å². The van der Waals surface area contributed by atoms with Crippen molar-refractivity contribution in [3.8, 4) is 0 Å². The zero-order chi connectivity index (χ0) is 15.0. The Morgan fingerprint density at radius 3 is 1.85 bits per heavy atom. The van der Waals surface area contributed by atoms with Crippen molar-refractivity contribution >= 4 is 21.7 Å². The van der Waals surface area contributed by atoms with E-state index in [-0.39, 0.29) is 5.78 Å². The Morgan fingerprint density at radius 1 is 0.850 bits per heavy atom. The van der Waals surface area contributed by atoms with E-state index < -0.39 is 0 Å². The molecule has 2 aromatic carbocycles. The molecule has 0 spiro atoms. The van der Waals surface area contributed by atoms with Crippen LogP contribution in [-0.2, 0) is 0 Å². The highest BCUT2D eigenvalue weighted by atomic mass is 79.9. The minimum absolute atomic E-state index is 0.104. The first-order valence-corrected chi connectivity index (χ1v) is 7.51. The summed E-state index contributed by atoms with van der Waals surface area (Å²) in [5.41, 5.74) is 7.48. The van der Waals surface area contributed by atoms with Gasteiger partial charge in [0.25, 0.3) is 0 Å². The van der Waals surface area contributed by atoms with E-state index in [0.717, 1.165) is 26.7 Å². The summed E-state index contributed by atoms with van der Waals surface area (Å²) in [5, 5.41) is 0. The lowest BCUT2D eigenvalue weighted by molar-refractivity contribution is 0.103. The lowest BCUT2D eigenvalue weighted by Gasteiger charge is -2.18. The Labute approximate surface area is 129 Å². The van der Waals surface area contributed by atoms with Crippen LogP contribution < -0.4 is 0 Å². The van der Waals surface area contributed by atoms with Crippen LogP contribution >= 0.6 is 15.9 Å². The summed E-state index contributed by atoms with van der Waals surface area (Å²) in [7, 11) is 0. The second kappa shape index (κ2) is 5.53. The van der Waals surface area contributed by atoms with E-state index in [2.05, 4.69) is 36.7 Å². The van der Waals surface area contributed by atoms with Crippen molar-refractivity contribution in [1.29, 1.82) is 0 Å². The first-order chi connectivity index (χ1) is 9.34.